The molecule has 0 amide bonds. The molecule has 0 radical (unpaired) electrons. The number of nitriles is 1. The number of pyridine rings is 1. The second kappa shape index (κ2) is 7.07. The number of nitrogens with zero attached hydrogens (tertiary/aromatic N) is 3. The van der Waals surface area contributed by atoms with Gasteiger partial charge in [-0.2, -0.15) is 5.26 Å². The van der Waals surface area contributed by atoms with Crippen LogP contribution >= 0.6 is 23.2 Å². The normalized spacial score (nSPS) is 11.1. The molecule has 0 N–H and O–H groups in total. The van der Waals surface area contributed by atoms with E-state index >= 15 is 0 Å². The summed E-state index contributed by atoms with van der Waals surface area (Å²) < 4.78 is 3.53. The fourth-order valence-corrected chi connectivity index (χ4v) is 4.28. The van der Waals surface area contributed by atoms with Crippen molar-refractivity contribution in [1.29, 1.82) is 5.26 Å². The molecule has 7 heteroatoms. The molecule has 0 aliphatic carbocycles. The van der Waals surface area contributed by atoms with Crippen molar-refractivity contribution in [2.45, 2.75) is 6.42 Å². The van der Waals surface area contributed by atoms with E-state index in [2.05, 4.69) is 0 Å². The van der Waals surface area contributed by atoms with E-state index < -0.39 is 5.78 Å². The Labute approximate surface area is 176 Å². The van der Waals surface area contributed by atoms with Gasteiger partial charge >= 0.3 is 0 Å². The lowest BCUT2D eigenvalue weighted by atomic mass is 10.0. The van der Waals surface area contributed by atoms with Crippen LogP contribution in [-0.4, -0.2) is 14.9 Å². The van der Waals surface area contributed by atoms with Gasteiger partial charge in [-0.3, -0.25) is 14.2 Å². The zero-order valence-corrected chi connectivity index (χ0v) is 17.2. The maximum Gasteiger partial charge on any atom is 0.259 e. The number of carbonyl (C=O) groups excluding carboxylic acids is 1. The Morgan fingerprint density at radius 2 is 1.76 bits per heavy atom. The lowest BCUT2D eigenvalue weighted by Gasteiger charge is -2.09. The minimum Gasteiger partial charge on any atom is -0.330 e. The molecule has 2 heterocycles. The SMILES string of the molecule is Cn1c(=O)c(-c2ccc(Cl)cc2Cl)cc2c3cc(CC(=O)C#N)ccc3n(C)c21. The second-order valence-electron chi connectivity index (χ2n) is 6.91. The van der Waals surface area contributed by atoms with Gasteiger partial charge in [-0.1, -0.05) is 35.3 Å². The molecule has 0 fully saturated rings. The number of rotatable bonds is 3. The Kier molecular flexibility index (Phi) is 4.70. The van der Waals surface area contributed by atoms with E-state index in [-0.39, 0.29) is 12.0 Å². The average Bonchev–Trinajstić information content (AvgIpc) is 2.96. The summed E-state index contributed by atoms with van der Waals surface area (Å²) in [5, 5.41) is 11.4. The van der Waals surface area contributed by atoms with Crippen molar-refractivity contribution >= 4 is 50.9 Å². The second-order valence-corrected chi connectivity index (χ2v) is 7.75. The molecule has 29 heavy (non-hydrogen) atoms. The predicted molar refractivity (Wildman–Crippen MR) is 115 cm³/mol. The zero-order chi connectivity index (χ0) is 20.9. The summed E-state index contributed by atoms with van der Waals surface area (Å²) in [6, 6.07) is 14.1. The molecule has 5 nitrogen and oxygen atoms in total. The van der Waals surface area contributed by atoms with Gasteiger partial charge in [0.05, 0.1) is 10.5 Å². The van der Waals surface area contributed by atoms with Crippen molar-refractivity contribution in [1.82, 2.24) is 9.13 Å². The van der Waals surface area contributed by atoms with E-state index in [1.54, 1.807) is 35.9 Å². The lowest BCUT2D eigenvalue weighted by Crippen LogP contribution is -2.20. The Bertz CT molecular complexity index is 1420. The van der Waals surface area contributed by atoms with E-state index in [1.165, 1.54) is 0 Å². The van der Waals surface area contributed by atoms with Gasteiger partial charge in [-0.15, -0.1) is 0 Å². The average molecular weight is 424 g/mol. The standard InChI is InChI=1S/C22H15Cl2N3O2/c1-26-20-6-3-12(7-14(28)11-25)8-16(20)17-10-18(22(29)27(2)21(17)26)15-5-4-13(23)9-19(15)24/h3-6,8-10H,7H2,1-2H3. The number of carbonyl (C=O) groups is 1. The smallest absolute Gasteiger partial charge is 0.259 e. The first-order valence-electron chi connectivity index (χ1n) is 8.81. The molecule has 2 aromatic carbocycles. The molecule has 0 spiro atoms. The fraction of sp³-hybridized carbons (Fsp3) is 0.136. The van der Waals surface area contributed by atoms with Crippen LogP contribution in [0, 0.1) is 11.3 Å². The highest BCUT2D eigenvalue weighted by atomic mass is 35.5. The monoisotopic (exact) mass is 423 g/mol. The quantitative estimate of drug-likeness (QED) is 0.450. The molecule has 2 aromatic heterocycles. The van der Waals surface area contributed by atoms with Crippen molar-refractivity contribution < 1.29 is 4.79 Å². The number of benzene rings is 2. The van der Waals surface area contributed by atoms with Crippen molar-refractivity contribution in [3.05, 3.63) is 68.4 Å². The number of aryl methyl sites for hydroxylation is 2. The Morgan fingerprint density at radius 3 is 2.45 bits per heavy atom. The van der Waals surface area contributed by atoms with Crippen LogP contribution in [0.25, 0.3) is 33.1 Å². The molecule has 0 saturated heterocycles. The summed E-state index contributed by atoms with van der Waals surface area (Å²) in [4.78, 5) is 24.6. The third-order valence-electron chi connectivity index (χ3n) is 5.12. The van der Waals surface area contributed by atoms with Gasteiger partial charge < -0.3 is 4.57 Å². The number of hydrogen-bond donors (Lipinski definition) is 0. The number of hydrogen-bond acceptors (Lipinski definition) is 3. The van der Waals surface area contributed by atoms with Crippen molar-refractivity contribution in [3.63, 3.8) is 0 Å². The number of halogens is 2. The number of Topliss-reactive ketones (excluding diaryl/α,β-unsaturated/α-hetero) is 1. The molecule has 0 bridgehead atoms. The molecule has 0 unspecified atom stereocenters. The van der Waals surface area contributed by atoms with Gasteiger partial charge in [0.1, 0.15) is 11.7 Å². The summed E-state index contributed by atoms with van der Waals surface area (Å²) >= 11 is 12.4. The third kappa shape index (κ3) is 3.11. The summed E-state index contributed by atoms with van der Waals surface area (Å²) in [5.41, 5.74) is 3.31. The van der Waals surface area contributed by atoms with Crippen LogP contribution in [0.1, 0.15) is 5.56 Å². The van der Waals surface area contributed by atoms with Crippen molar-refractivity contribution in [3.8, 4) is 17.2 Å². The molecular weight excluding hydrogens is 409 g/mol. The largest absolute Gasteiger partial charge is 0.330 e. The molecule has 0 atom stereocenters. The molecular formula is C22H15Cl2N3O2. The van der Waals surface area contributed by atoms with Crippen LogP contribution in [0.15, 0.2) is 47.3 Å². The number of fused-ring (bicyclic) bond motifs is 3. The lowest BCUT2D eigenvalue weighted by molar-refractivity contribution is -0.113. The van der Waals surface area contributed by atoms with Crippen LogP contribution in [0.2, 0.25) is 10.0 Å². The minimum atomic E-state index is -0.495. The topological polar surface area (TPSA) is 67.8 Å². The third-order valence-corrected chi connectivity index (χ3v) is 5.67. The van der Waals surface area contributed by atoms with E-state index in [9.17, 15) is 9.59 Å². The van der Waals surface area contributed by atoms with Crippen LogP contribution < -0.4 is 5.56 Å². The highest BCUT2D eigenvalue weighted by molar-refractivity contribution is 6.36. The minimum absolute atomic E-state index is 0.0461. The van der Waals surface area contributed by atoms with Crippen molar-refractivity contribution in [2.75, 3.05) is 0 Å². The van der Waals surface area contributed by atoms with Gasteiger partial charge in [0.25, 0.3) is 5.56 Å². The summed E-state index contributed by atoms with van der Waals surface area (Å²) in [5.74, 6) is -0.495. The van der Waals surface area contributed by atoms with Gasteiger partial charge in [-0.05, 0) is 35.9 Å². The first-order valence-corrected chi connectivity index (χ1v) is 9.57. The molecule has 0 aliphatic rings. The number of aromatic nitrogens is 2. The van der Waals surface area contributed by atoms with Crippen LogP contribution in [0.4, 0.5) is 0 Å². The summed E-state index contributed by atoms with van der Waals surface area (Å²) in [6.45, 7) is 0. The molecule has 0 aliphatic heterocycles. The maximum absolute atomic E-state index is 13.1. The first kappa shape index (κ1) is 19.3. The fourth-order valence-electron chi connectivity index (χ4n) is 3.77. The van der Waals surface area contributed by atoms with Crippen LogP contribution in [-0.2, 0) is 25.3 Å². The van der Waals surface area contributed by atoms with Gasteiger partial charge in [0, 0.05) is 47.4 Å². The van der Waals surface area contributed by atoms with Crippen LogP contribution in [0.5, 0.6) is 0 Å². The van der Waals surface area contributed by atoms with Crippen molar-refractivity contribution in [2.24, 2.45) is 14.1 Å². The van der Waals surface area contributed by atoms with Gasteiger partial charge in [-0.25, -0.2) is 0 Å². The molecule has 0 saturated carbocycles. The molecule has 4 aromatic rings. The van der Waals surface area contributed by atoms with E-state index in [4.69, 9.17) is 28.5 Å². The van der Waals surface area contributed by atoms with Gasteiger partial charge in [0.15, 0.2) is 0 Å². The first-order chi connectivity index (χ1) is 13.8. The zero-order valence-electron chi connectivity index (χ0n) is 15.7. The Hall–Kier alpha value is -3.07. The van der Waals surface area contributed by atoms with Crippen LogP contribution in [0.3, 0.4) is 0 Å². The summed E-state index contributed by atoms with van der Waals surface area (Å²) in [6.07, 6.45) is 0.0461. The highest BCUT2D eigenvalue weighted by Crippen LogP contribution is 2.33. The van der Waals surface area contributed by atoms with E-state index in [0.29, 0.717) is 21.2 Å². The Morgan fingerprint density at radius 1 is 1.00 bits per heavy atom. The number of ketones is 1. The highest BCUT2D eigenvalue weighted by Gasteiger charge is 2.18. The predicted octanol–water partition coefficient (Wildman–Crippen LogP) is 4.64. The van der Waals surface area contributed by atoms with E-state index in [0.717, 1.165) is 27.5 Å². The molecule has 4 rings (SSSR count). The van der Waals surface area contributed by atoms with Gasteiger partial charge in [0.2, 0.25) is 5.78 Å². The Balaban J connectivity index is 2.06. The molecule has 144 valence electrons. The van der Waals surface area contributed by atoms with E-state index in [1.807, 2.05) is 35.9 Å². The summed E-state index contributed by atoms with van der Waals surface area (Å²) in [7, 11) is 3.61. The maximum atomic E-state index is 13.1.